The Morgan fingerprint density at radius 2 is 2.32 bits per heavy atom. The van der Waals surface area contributed by atoms with Gasteiger partial charge in [-0.1, -0.05) is 37.4 Å². The second-order valence-electron chi connectivity index (χ2n) is 5.41. The number of nitrogens with two attached hydrogens (primary N) is 1. The number of hydrogen-bond acceptors (Lipinski definition) is 2. The molecule has 0 heterocycles. The molecule has 2 unspecified atom stereocenters. The fourth-order valence-corrected chi connectivity index (χ4v) is 2.82. The first kappa shape index (κ1) is 14.3. The highest BCUT2D eigenvalue weighted by atomic mass is 35.5. The van der Waals surface area contributed by atoms with E-state index in [1.807, 2.05) is 0 Å². The predicted octanol–water partition coefficient (Wildman–Crippen LogP) is 3.33. The SMILES string of the molecule is CC1CCCC(N)(C(=O)Nc2cccc(Cl)c2F)C1. The Morgan fingerprint density at radius 1 is 1.58 bits per heavy atom. The molecule has 1 saturated carbocycles. The molecule has 5 heteroatoms. The Hall–Kier alpha value is -1.13. The number of anilines is 1. The molecule has 2 atom stereocenters. The van der Waals surface area contributed by atoms with E-state index in [4.69, 9.17) is 17.3 Å². The fraction of sp³-hybridized carbons (Fsp3) is 0.500. The number of rotatable bonds is 2. The number of hydrogen-bond donors (Lipinski definition) is 2. The first-order valence-electron chi connectivity index (χ1n) is 6.47. The van der Waals surface area contributed by atoms with E-state index in [2.05, 4.69) is 12.2 Å². The fourth-order valence-electron chi connectivity index (χ4n) is 2.65. The van der Waals surface area contributed by atoms with Gasteiger partial charge in [-0.15, -0.1) is 0 Å². The molecule has 104 valence electrons. The van der Waals surface area contributed by atoms with E-state index < -0.39 is 11.4 Å². The van der Waals surface area contributed by atoms with Crippen molar-refractivity contribution in [3.05, 3.63) is 29.0 Å². The van der Waals surface area contributed by atoms with E-state index in [1.165, 1.54) is 12.1 Å². The lowest BCUT2D eigenvalue weighted by molar-refractivity contribution is -0.122. The Labute approximate surface area is 117 Å². The highest BCUT2D eigenvalue weighted by molar-refractivity contribution is 6.31. The van der Waals surface area contributed by atoms with Crippen LogP contribution in [0.4, 0.5) is 10.1 Å². The maximum atomic E-state index is 13.7. The van der Waals surface area contributed by atoms with Gasteiger partial charge in [-0.2, -0.15) is 0 Å². The van der Waals surface area contributed by atoms with Crippen molar-refractivity contribution in [1.29, 1.82) is 0 Å². The molecular formula is C14H18ClFN2O. The molecule has 2 rings (SSSR count). The molecule has 0 aromatic heterocycles. The van der Waals surface area contributed by atoms with Crippen LogP contribution in [0.1, 0.15) is 32.6 Å². The smallest absolute Gasteiger partial charge is 0.244 e. The van der Waals surface area contributed by atoms with Crippen LogP contribution in [0.2, 0.25) is 5.02 Å². The predicted molar refractivity (Wildman–Crippen MR) is 74.6 cm³/mol. The monoisotopic (exact) mass is 284 g/mol. The lowest BCUT2D eigenvalue weighted by Crippen LogP contribution is -2.53. The van der Waals surface area contributed by atoms with Gasteiger partial charge in [0, 0.05) is 0 Å². The van der Waals surface area contributed by atoms with Crippen molar-refractivity contribution in [2.75, 3.05) is 5.32 Å². The van der Waals surface area contributed by atoms with Crippen molar-refractivity contribution < 1.29 is 9.18 Å². The minimum absolute atomic E-state index is 0.0131. The maximum Gasteiger partial charge on any atom is 0.244 e. The van der Waals surface area contributed by atoms with E-state index in [-0.39, 0.29) is 16.6 Å². The van der Waals surface area contributed by atoms with Gasteiger partial charge in [-0.3, -0.25) is 4.79 Å². The van der Waals surface area contributed by atoms with Crippen LogP contribution in [-0.2, 0) is 4.79 Å². The highest BCUT2D eigenvalue weighted by Gasteiger charge is 2.38. The average molecular weight is 285 g/mol. The van der Waals surface area contributed by atoms with Gasteiger partial charge >= 0.3 is 0 Å². The molecule has 0 bridgehead atoms. The van der Waals surface area contributed by atoms with E-state index in [1.54, 1.807) is 6.07 Å². The van der Waals surface area contributed by atoms with Crippen LogP contribution in [0, 0.1) is 11.7 Å². The minimum atomic E-state index is -0.910. The van der Waals surface area contributed by atoms with Crippen LogP contribution in [0.5, 0.6) is 0 Å². The minimum Gasteiger partial charge on any atom is -0.322 e. The largest absolute Gasteiger partial charge is 0.322 e. The summed E-state index contributed by atoms with van der Waals surface area (Å²) in [7, 11) is 0. The number of amides is 1. The first-order chi connectivity index (χ1) is 8.92. The molecule has 1 aromatic rings. The second-order valence-corrected chi connectivity index (χ2v) is 5.82. The molecule has 1 fully saturated rings. The van der Waals surface area contributed by atoms with Crippen molar-refractivity contribution in [1.82, 2.24) is 0 Å². The normalized spacial score (nSPS) is 27.1. The van der Waals surface area contributed by atoms with Crippen molar-refractivity contribution in [2.45, 2.75) is 38.1 Å². The summed E-state index contributed by atoms with van der Waals surface area (Å²) in [6.45, 7) is 2.08. The Bertz CT molecular complexity index is 494. The number of nitrogens with one attached hydrogen (secondary N) is 1. The van der Waals surface area contributed by atoms with Crippen molar-refractivity contribution in [2.24, 2.45) is 11.7 Å². The quantitative estimate of drug-likeness (QED) is 0.875. The van der Waals surface area contributed by atoms with E-state index >= 15 is 0 Å². The molecular weight excluding hydrogens is 267 g/mol. The Balaban J connectivity index is 2.14. The molecule has 3 N–H and O–H groups in total. The van der Waals surface area contributed by atoms with E-state index in [9.17, 15) is 9.18 Å². The molecule has 0 spiro atoms. The summed E-state index contributed by atoms with van der Waals surface area (Å²) in [5.41, 5.74) is 5.34. The summed E-state index contributed by atoms with van der Waals surface area (Å²) in [6, 6.07) is 4.51. The molecule has 19 heavy (non-hydrogen) atoms. The number of carbonyl (C=O) groups excluding carboxylic acids is 1. The van der Waals surface area contributed by atoms with Gasteiger partial charge in [0.2, 0.25) is 5.91 Å². The molecule has 1 amide bonds. The zero-order valence-corrected chi connectivity index (χ0v) is 11.6. The second kappa shape index (κ2) is 5.47. The molecule has 0 radical (unpaired) electrons. The summed E-state index contributed by atoms with van der Waals surface area (Å²) in [4.78, 5) is 12.3. The van der Waals surface area contributed by atoms with Crippen molar-refractivity contribution in [3.8, 4) is 0 Å². The third-order valence-electron chi connectivity index (χ3n) is 3.68. The van der Waals surface area contributed by atoms with Crippen molar-refractivity contribution in [3.63, 3.8) is 0 Å². The van der Waals surface area contributed by atoms with Gasteiger partial charge in [0.05, 0.1) is 16.2 Å². The van der Waals surface area contributed by atoms with Crippen LogP contribution < -0.4 is 11.1 Å². The third-order valence-corrected chi connectivity index (χ3v) is 3.98. The topological polar surface area (TPSA) is 55.1 Å². The number of benzene rings is 1. The van der Waals surface area contributed by atoms with Crippen LogP contribution >= 0.6 is 11.6 Å². The maximum absolute atomic E-state index is 13.7. The summed E-state index contributed by atoms with van der Waals surface area (Å²) < 4.78 is 13.7. The van der Waals surface area contributed by atoms with Gasteiger partial charge in [0.25, 0.3) is 0 Å². The van der Waals surface area contributed by atoms with Gasteiger partial charge in [0.15, 0.2) is 5.82 Å². The summed E-state index contributed by atoms with van der Waals surface area (Å²) in [5, 5.41) is 2.55. The lowest BCUT2D eigenvalue weighted by Gasteiger charge is -2.35. The standard InChI is InChI=1S/C14H18ClFN2O/c1-9-4-3-7-14(17,8-9)13(19)18-11-6-2-5-10(15)12(11)16/h2,5-6,9H,3-4,7-8,17H2,1H3,(H,18,19). The zero-order valence-electron chi connectivity index (χ0n) is 10.9. The van der Waals surface area contributed by atoms with Gasteiger partial charge < -0.3 is 11.1 Å². The molecule has 0 aliphatic heterocycles. The van der Waals surface area contributed by atoms with Crippen molar-refractivity contribution >= 4 is 23.2 Å². The van der Waals surface area contributed by atoms with Crippen LogP contribution in [0.3, 0.4) is 0 Å². The van der Waals surface area contributed by atoms with Crippen LogP contribution in [0.15, 0.2) is 18.2 Å². The van der Waals surface area contributed by atoms with Gasteiger partial charge in [0.1, 0.15) is 0 Å². The summed E-state index contributed by atoms with van der Waals surface area (Å²) in [6.07, 6.45) is 3.26. The molecule has 1 aromatic carbocycles. The van der Waals surface area contributed by atoms with Crippen LogP contribution in [-0.4, -0.2) is 11.4 Å². The number of carbonyl (C=O) groups is 1. The average Bonchev–Trinajstić information content (AvgIpc) is 2.34. The van der Waals surface area contributed by atoms with E-state index in [0.717, 1.165) is 12.8 Å². The Kier molecular flexibility index (Phi) is 4.11. The van der Waals surface area contributed by atoms with E-state index in [0.29, 0.717) is 18.8 Å². The first-order valence-corrected chi connectivity index (χ1v) is 6.84. The molecule has 1 aliphatic carbocycles. The lowest BCUT2D eigenvalue weighted by atomic mass is 9.76. The summed E-state index contributed by atoms with van der Waals surface area (Å²) in [5.74, 6) is -0.543. The van der Waals surface area contributed by atoms with Gasteiger partial charge in [-0.05, 0) is 30.9 Å². The molecule has 1 aliphatic rings. The van der Waals surface area contributed by atoms with Gasteiger partial charge in [-0.25, -0.2) is 4.39 Å². The summed E-state index contributed by atoms with van der Waals surface area (Å²) >= 11 is 5.68. The van der Waals surface area contributed by atoms with Crippen LogP contribution in [0.25, 0.3) is 0 Å². The Morgan fingerprint density at radius 3 is 3.00 bits per heavy atom. The molecule has 0 saturated heterocycles. The molecule has 3 nitrogen and oxygen atoms in total. The third kappa shape index (κ3) is 3.07. The number of halogens is 2. The zero-order chi connectivity index (χ0) is 14.0. The highest BCUT2D eigenvalue weighted by Crippen LogP contribution is 2.32.